The van der Waals surface area contributed by atoms with Crippen LogP contribution in [-0.4, -0.2) is 21.1 Å². The molecular formula is C22H18N2O4. The van der Waals surface area contributed by atoms with E-state index in [1.165, 1.54) is 4.57 Å². The molecule has 5 rings (SSSR count). The van der Waals surface area contributed by atoms with E-state index >= 15 is 0 Å². The Morgan fingerprint density at radius 3 is 2.57 bits per heavy atom. The van der Waals surface area contributed by atoms with E-state index in [0.29, 0.717) is 35.3 Å². The van der Waals surface area contributed by atoms with Gasteiger partial charge in [-0.25, -0.2) is 4.85 Å². The second-order valence-electron chi connectivity index (χ2n) is 7.69. The van der Waals surface area contributed by atoms with Gasteiger partial charge in [0.05, 0.1) is 29.0 Å². The first-order valence-electron chi connectivity index (χ1n) is 9.17. The highest BCUT2D eigenvalue weighted by molar-refractivity contribution is 6.00. The van der Waals surface area contributed by atoms with Crippen LogP contribution in [0, 0.1) is 6.57 Å². The van der Waals surface area contributed by atoms with E-state index in [2.05, 4.69) is 4.85 Å². The minimum absolute atomic E-state index is 0.0804. The van der Waals surface area contributed by atoms with Gasteiger partial charge in [-0.05, 0) is 36.6 Å². The summed E-state index contributed by atoms with van der Waals surface area (Å²) in [7, 11) is 0. The largest absolute Gasteiger partial charge is 0.494 e. The number of aromatic hydroxyl groups is 2. The molecule has 3 aromatic rings. The Kier molecular flexibility index (Phi) is 3.23. The maximum Gasteiger partial charge on any atom is 0.205 e. The van der Waals surface area contributed by atoms with E-state index in [1.54, 1.807) is 12.1 Å². The van der Waals surface area contributed by atoms with Crippen LogP contribution in [0.3, 0.4) is 0 Å². The van der Waals surface area contributed by atoms with Gasteiger partial charge in [-0.2, -0.15) is 0 Å². The normalized spacial score (nSPS) is 25.0. The molecule has 1 aromatic heterocycles. The van der Waals surface area contributed by atoms with Crippen molar-refractivity contribution in [2.24, 2.45) is 0 Å². The molecule has 2 bridgehead atoms. The van der Waals surface area contributed by atoms with Crippen molar-refractivity contribution in [3.8, 4) is 17.4 Å². The highest BCUT2D eigenvalue weighted by Crippen LogP contribution is 2.65. The zero-order valence-electron chi connectivity index (χ0n) is 15.3. The van der Waals surface area contributed by atoms with Gasteiger partial charge in [0.25, 0.3) is 0 Å². The molecule has 1 fully saturated rings. The number of rotatable bonds is 3. The summed E-state index contributed by atoms with van der Waals surface area (Å²) >= 11 is 0. The zero-order chi connectivity index (χ0) is 19.7. The van der Waals surface area contributed by atoms with E-state index in [4.69, 9.17) is 11.3 Å². The van der Waals surface area contributed by atoms with Gasteiger partial charge in [0.15, 0.2) is 5.69 Å². The molecule has 2 aliphatic heterocycles. The van der Waals surface area contributed by atoms with Crippen LogP contribution in [0.25, 0.3) is 21.3 Å². The molecule has 0 spiro atoms. The van der Waals surface area contributed by atoms with Gasteiger partial charge in [0.2, 0.25) is 11.8 Å². The minimum atomic E-state index is -0.898. The molecule has 2 unspecified atom stereocenters. The van der Waals surface area contributed by atoms with E-state index in [0.717, 1.165) is 17.1 Å². The Labute approximate surface area is 161 Å². The lowest BCUT2D eigenvalue weighted by Crippen LogP contribution is -2.23. The summed E-state index contributed by atoms with van der Waals surface area (Å²) in [5.41, 5.74) is 0.505. The van der Waals surface area contributed by atoms with Crippen LogP contribution < -0.4 is 0 Å². The van der Waals surface area contributed by atoms with Gasteiger partial charge in [-0.3, -0.25) is 4.57 Å². The summed E-state index contributed by atoms with van der Waals surface area (Å²) < 4.78 is 7.58. The summed E-state index contributed by atoms with van der Waals surface area (Å²) in [6, 6.07) is 10.8. The number of fused-ring (bicyclic) bond motifs is 6. The van der Waals surface area contributed by atoms with Gasteiger partial charge < -0.3 is 19.7 Å². The molecule has 2 aliphatic rings. The Bertz CT molecular complexity index is 1210. The second-order valence-corrected chi connectivity index (χ2v) is 7.69. The quantitative estimate of drug-likeness (QED) is 0.526. The van der Waals surface area contributed by atoms with Crippen molar-refractivity contribution < 1.29 is 19.7 Å². The van der Waals surface area contributed by atoms with Crippen LogP contribution in [0.2, 0.25) is 0 Å². The van der Waals surface area contributed by atoms with Crippen molar-refractivity contribution in [3.63, 3.8) is 0 Å². The molecule has 0 aliphatic carbocycles. The predicted octanol–water partition coefficient (Wildman–Crippen LogP) is 4.42. The third-order valence-corrected chi connectivity index (χ3v) is 6.18. The Balaban J connectivity index is 1.84. The molecule has 2 aromatic carbocycles. The molecule has 6 nitrogen and oxygen atoms in total. The zero-order valence-corrected chi connectivity index (χ0v) is 15.3. The number of hydrogen-bond acceptors (Lipinski definition) is 4. The van der Waals surface area contributed by atoms with Gasteiger partial charge >= 0.3 is 0 Å². The van der Waals surface area contributed by atoms with Crippen LogP contribution in [0.15, 0.2) is 36.4 Å². The fourth-order valence-corrected chi connectivity index (χ4v) is 4.97. The minimum Gasteiger partial charge on any atom is -0.494 e. The topological polar surface area (TPSA) is 76.0 Å². The molecule has 140 valence electrons. The lowest BCUT2D eigenvalue weighted by Gasteiger charge is -2.23. The van der Waals surface area contributed by atoms with Crippen LogP contribution in [-0.2, 0) is 20.7 Å². The number of nitrogens with zero attached hydrogens (tertiary/aromatic N) is 2. The van der Waals surface area contributed by atoms with Gasteiger partial charge in [0.1, 0.15) is 11.9 Å². The highest BCUT2D eigenvalue weighted by atomic mass is 16.5. The van der Waals surface area contributed by atoms with Crippen molar-refractivity contribution in [1.29, 1.82) is 0 Å². The van der Waals surface area contributed by atoms with Crippen molar-refractivity contribution in [2.45, 2.75) is 37.4 Å². The molecule has 3 heterocycles. The number of carbonyl (C=O) groups is 1. The molecule has 0 amide bonds. The molecular weight excluding hydrogens is 356 g/mol. The van der Waals surface area contributed by atoms with Gasteiger partial charge in [-0.1, -0.05) is 30.3 Å². The first-order valence-corrected chi connectivity index (χ1v) is 9.17. The second kappa shape index (κ2) is 5.37. The van der Waals surface area contributed by atoms with Crippen molar-refractivity contribution >= 4 is 22.7 Å². The molecule has 0 radical (unpaired) electrons. The Morgan fingerprint density at radius 1 is 1.14 bits per heavy atom. The van der Waals surface area contributed by atoms with Crippen LogP contribution in [0.4, 0.5) is 5.69 Å². The first kappa shape index (κ1) is 16.8. The number of benzene rings is 2. The van der Waals surface area contributed by atoms with Crippen molar-refractivity contribution in [1.82, 2.24) is 4.57 Å². The summed E-state index contributed by atoms with van der Waals surface area (Å²) in [6.45, 7) is 9.27. The molecule has 1 saturated heterocycles. The fraction of sp³-hybridized carbons (Fsp3) is 0.273. The van der Waals surface area contributed by atoms with Crippen LogP contribution >= 0.6 is 0 Å². The van der Waals surface area contributed by atoms with Crippen molar-refractivity contribution in [2.75, 3.05) is 0 Å². The number of hydrogen-bond donors (Lipinski definition) is 2. The standard InChI is InChI=1S/C22H18N2O4/c1-21-9-10-22(28-21,11-12-25)18-17(21)19(26)24(20(18)27)16-8-7-15(23-2)13-5-3-4-6-14(13)16/h3-8,12,26-27H,9-11H2,1H3. The number of aldehydes is 1. The Morgan fingerprint density at radius 2 is 1.86 bits per heavy atom. The summed E-state index contributed by atoms with van der Waals surface area (Å²) in [5.74, 6) is -0.193. The average Bonchev–Trinajstić information content (AvgIpc) is 3.26. The summed E-state index contributed by atoms with van der Waals surface area (Å²) in [5, 5.41) is 23.8. The molecule has 6 heteroatoms. The number of carbonyl (C=O) groups excluding carboxylic acids is 1. The van der Waals surface area contributed by atoms with E-state index in [1.807, 2.05) is 31.2 Å². The van der Waals surface area contributed by atoms with Crippen molar-refractivity contribution in [3.05, 3.63) is 58.9 Å². The predicted molar refractivity (Wildman–Crippen MR) is 103 cm³/mol. The third-order valence-electron chi connectivity index (χ3n) is 6.18. The molecule has 2 N–H and O–H groups in total. The van der Waals surface area contributed by atoms with E-state index in [-0.39, 0.29) is 18.2 Å². The monoisotopic (exact) mass is 374 g/mol. The highest BCUT2D eigenvalue weighted by Gasteiger charge is 2.61. The Hall–Kier alpha value is -3.30. The molecule has 0 saturated carbocycles. The van der Waals surface area contributed by atoms with Crippen LogP contribution in [0.1, 0.15) is 37.3 Å². The van der Waals surface area contributed by atoms with Gasteiger partial charge in [-0.15, -0.1) is 0 Å². The average molecular weight is 374 g/mol. The lowest BCUT2D eigenvalue weighted by atomic mass is 9.78. The SMILES string of the molecule is [C-]#[N+]c1ccc(-n2c(O)c3c(c2O)C2(CC=O)CCC3(C)O2)c2ccccc12. The van der Waals surface area contributed by atoms with E-state index < -0.39 is 11.2 Å². The first-order chi connectivity index (χ1) is 13.5. The maximum atomic E-state index is 11.3. The molecule has 2 atom stereocenters. The third kappa shape index (κ3) is 1.87. The summed E-state index contributed by atoms with van der Waals surface area (Å²) in [6.07, 6.45) is 2.21. The fourth-order valence-electron chi connectivity index (χ4n) is 4.97. The number of ether oxygens (including phenoxy) is 1. The maximum absolute atomic E-state index is 11.3. The van der Waals surface area contributed by atoms with Gasteiger partial charge in [0, 0.05) is 6.42 Å². The molecule has 28 heavy (non-hydrogen) atoms. The van der Waals surface area contributed by atoms with E-state index in [9.17, 15) is 15.0 Å². The van der Waals surface area contributed by atoms with Crippen LogP contribution in [0.5, 0.6) is 11.8 Å². The number of aromatic nitrogens is 1. The lowest BCUT2D eigenvalue weighted by molar-refractivity contribution is -0.119. The smallest absolute Gasteiger partial charge is 0.205 e. The summed E-state index contributed by atoms with van der Waals surface area (Å²) in [4.78, 5) is 14.9.